The van der Waals surface area contributed by atoms with E-state index in [1.807, 2.05) is 30.3 Å². The first kappa shape index (κ1) is 18.5. The predicted octanol–water partition coefficient (Wildman–Crippen LogP) is 5.50. The molecule has 0 amide bonds. The molecule has 0 atom stereocenters. The summed E-state index contributed by atoms with van der Waals surface area (Å²) in [4.78, 5) is 2.11. The molecule has 138 valence electrons. The van der Waals surface area contributed by atoms with Crippen molar-refractivity contribution in [1.29, 1.82) is 0 Å². The Morgan fingerprint density at radius 2 is 1.62 bits per heavy atom. The van der Waals surface area contributed by atoms with E-state index in [1.165, 1.54) is 6.07 Å². The molecule has 2 N–H and O–H groups in total. The molecule has 0 aromatic heterocycles. The number of halogens is 3. The van der Waals surface area contributed by atoms with Gasteiger partial charge in [-0.05, 0) is 61.8 Å². The minimum Gasteiger partial charge on any atom is -0.370 e. The number of nitrogens with one attached hydrogen (secondary N) is 2. The van der Waals surface area contributed by atoms with Gasteiger partial charge in [-0.25, -0.2) is 0 Å². The molecule has 1 aliphatic rings. The average molecular weight is 379 g/mol. The fraction of sp³-hybridized carbons (Fsp3) is 0.316. The Kier molecular flexibility index (Phi) is 5.66. The number of alkyl halides is 3. The third-order valence-electron chi connectivity index (χ3n) is 4.30. The Morgan fingerprint density at radius 1 is 0.923 bits per heavy atom. The molecular weight excluding hydrogens is 359 g/mol. The van der Waals surface area contributed by atoms with E-state index in [0.29, 0.717) is 5.69 Å². The third-order valence-corrected chi connectivity index (χ3v) is 4.50. The van der Waals surface area contributed by atoms with Crippen molar-refractivity contribution in [2.24, 2.45) is 0 Å². The zero-order chi connectivity index (χ0) is 18.6. The summed E-state index contributed by atoms with van der Waals surface area (Å²) < 4.78 is 39.4. The number of hydrogen-bond donors (Lipinski definition) is 2. The van der Waals surface area contributed by atoms with Gasteiger partial charge in [-0.1, -0.05) is 18.2 Å². The second-order valence-electron chi connectivity index (χ2n) is 6.22. The maximum Gasteiger partial charge on any atom is 0.416 e. The maximum absolute atomic E-state index is 13.1. The smallest absolute Gasteiger partial charge is 0.370 e. The van der Waals surface area contributed by atoms with E-state index in [-0.39, 0.29) is 5.11 Å². The summed E-state index contributed by atoms with van der Waals surface area (Å²) in [6.07, 6.45) is -1.18. The number of para-hydroxylation sites is 1. The lowest BCUT2D eigenvalue weighted by Gasteiger charge is -2.31. The van der Waals surface area contributed by atoms with Gasteiger partial charge in [0.2, 0.25) is 0 Å². The van der Waals surface area contributed by atoms with Gasteiger partial charge in [-0.15, -0.1) is 0 Å². The van der Waals surface area contributed by atoms with Crippen molar-refractivity contribution in [1.82, 2.24) is 0 Å². The number of piperidine rings is 1. The fourth-order valence-corrected chi connectivity index (χ4v) is 3.26. The average Bonchev–Trinajstić information content (AvgIpc) is 2.62. The van der Waals surface area contributed by atoms with Gasteiger partial charge >= 0.3 is 6.18 Å². The van der Waals surface area contributed by atoms with E-state index in [0.717, 1.165) is 55.9 Å². The van der Waals surface area contributed by atoms with Gasteiger partial charge < -0.3 is 15.5 Å². The monoisotopic (exact) mass is 379 g/mol. The second-order valence-corrected chi connectivity index (χ2v) is 6.63. The highest BCUT2D eigenvalue weighted by Gasteiger charge is 2.31. The van der Waals surface area contributed by atoms with E-state index in [1.54, 1.807) is 0 Å². The molecule has 0 bridgehead atoms. The molecule has 0 saturated carbocycles. The van der Waals surface area contributed by atoms with Crippen LogP contribution in [0.15, 0.2) is 48.5 Å². The van der Waals surface area contributed by atoms with Crippen molar-refractivity contribution in [3.05, 3.63) is 54.1 Å². The molecular formula is C19H20F3N3S. The molecule has 3 nitrogen and oxygen atoms in total. The topological polar surface area (TPSA) is 27.3 Å². The van der Waals surface area contributed by atoms with Crippen LogP contribution in [0.4, 0.5) is 30.2 Å². The van der Waals surface area contributed by atoms with Gasteiger partial charge in [0.1, 0.15) is 0 Å². The van der Waals surface area contributed by atoms with Crippen molar-refractivity contribution < 1.29 is 13.2 Å². The summed E-state index contributed by atoms with van der Waals surface area (Å²) in [5, 5.41) is 6.20. The molecule has 1 fully saturated rings. The highest BCUT2D eigenvalue weighted by molar-refractivity contribution is 7.80. The number of anilines is 3. The van der Waals surface area contributed by atoms with Crippen LogP contribution in [0.1, 0.15) is 24.8 Å². The summed E-state index contributed by atoms with van der Waals surface area (Å²) in [6, 6.07) is 13.1. The van der Waals surface area contributed by atoms with E-state index in [4.69, 9.17) is 12.2 Å². The van der Waals surface area contributed by atoms with Gasteiger partial charge in [0.15, 0.2) is 5.11 Å². The number of benzene rings is 2. The Bertz CT molecular complexity index is 756. The maximum atomic E-state index is 13.1. The standard InChI is InChI=1S/C19H20F3N3S/c20-19(21,22)14-9-10-17(25-11-5-2-6-12-25)16(13-14)24-18(26)23-15-7-3-1-4-8-15/h1,3-4,7-10,13H,2,5-6,11-12H2,(H2,23,24,26). The van der Waals surface area contributed by atoms with E-state index in [9.17, 15) is 13.2 Å². The van der Waals surface area contributed by atoms with Crippen LogP contribution in [-0.4, -0.2) is 18.2 Å². The highest BCUT2D eigenvalue weighted by Crippen LogP contribution is 2.36. The summed E-state index contributed by atoms with van der Waals surface area (Å²) in [5.74, 6) is 0. The molecule has 1 saturated heterocycles. The third kappa shape index (κ3) is 4.66. The van der Waals surface area contributed by atoms with Crippen LogP contribution >= 0.6 is 12.2 Å². The van der Waals surface area contributed by atoms with Gasteiger partial charge in [-0.2, -0.15) is 13.2 Å². The molecule has 1 heterocycles. The van der Waals surface area contributed by atoms with E-state index in [2.05, 4.69) is 15.5 Å². The first-order valence-electron chi connectivity index (χ1n) is 8.53. The summed E-state index contributed by atoms with van der Waals surface area (Å²) in [7, 11) is 0. The SMILES string of the molecule is FC(F)(F)c1ccc(N2CCCCC2)c(NC(=S)Nc2ccccc2)c1. The molecule has 3 rings (SSSR count). The molecule has 0 radical (unpaired) electrons. The molecule has 26 heavy (non-hydrogen) atoms. The predicted molar refractivity (Wildman–Crippen MR) is 104 cm³/mol. The lowest BCUT2D eigenvalue weighted by atomic mass is 10.1. The van der Waals surface area contributed by atoms with Crippen molar-refractivity contribution in [3.63, 3.8) is 0 Å². The van der Waals surface area contributed by atoms with Crippen molar-refractivity contribution in [2.45, 2.75) is 25.4 Å². The van der Waals surface area contributed by atoms with Gasteiger partial charge in [-0.3, -0.25) is 0 Å². The normalized spacial score (nSPS) is 14.8. The van der Waals surface area contributed by atoms with Gasteiger partial charge in [0.05, 0.1) is 16.9 Å². The van der Waals surface area contributed by atoms with Crippen LogP contribution in [0.2, 0.25) is 0 Å². The van der Waals surface area contributed by atoms with Crippen LogP contribution in [-0.2, 0) is 6.18 Å². The first-order valence-corrected chi connectivity index (χ1v) is 8.93. The summed E-state index contributed by atoms with van der Waals surface area (Å²) in [5.41, 5.74) is 1.20. The van der Waals surface area contributed by atoms with Crippen LogP contribution in [0.25, 0.3) is 0 Å². The molecule has 1 aliphatic heterocycles. The number of hydrogen-bond acceptors (Lipinski definition) is 2. The lowest BCUT2D eigenvalue weighted by molar-refractivity contribution is -0.137. The summed E-state index contributed by atoms with van der Waals surface area (Å²) in [6.45, 7) is 1.66. The lowest BCUT2D eigenvalue weighted by Crippen LogP contribution is -2.31. The Balaban J connectivity index is 1.85. The van der Waals surface area contributed by atoms with Crippen LogP contribution in [0.5, 0.6) is 0 Å². The molecule has 2 aromatic carbocycles. The van der Waals surface area contributed by atoms with Gasteiger partial charge in [0.25, 0.3) is 0 Å². The molecule has 2 aromatic rings. The number of nitrogens with zero attached hydrogens (tertiary/aromatic N) is 1. The zero-order valence-corrected chi connectivity index (χ0v) is 15.0. The van der Waals surface area contributed by atoms with Gasteiger partial charge in [0, 0.05) is 18.8 Å². The molecule has 0 aliphatic carbocycles. The van der Waals surface area contributed by atoms with E-state index >= 15 is 0 Å². The fourth-order valence-electron chi connectivity index (χ4n) is 3.03. The van der Waals surface area contributed by atoms with Crippen LogP contribution < -0.4 is 15.5 Å². The minimum atomic E-state index is -4.40. The Labute approximate surface area is 156 Å². The first-order chi connectivity index (χ1) is 12.4. The second kappa shape index (κ2) is 7.95. The summed E-state index contributed by atoms with van der Waals surface area (Å²) >= 11 is 5.29. The van der Waals surface area contributed by atoms with Crippen LogP contribution in [0, 0.1) is 0 Å². The highest BCUT2D eigenvalue weighted by atomic mass is 32.1. The molecule has 7 heteroatoms. The van der Waals surface area contributed by atoms with E-state index < -0.39 is 11.7 Å². The molecule has 0 unspecified atom stereocenters. The van der Waals surface area contributed by atoms with Crippen LogP contribution in [0.3, 0.4) is 0 Å². The zero-order valence-electron chi connectivity index (χ0n) is 14.1. The number of thiocarbonyl (C=S) groups is 1. The Hall–Kier alpha value is -2.28. The largest absolute Gasteiger partial charge is 0.416 e. The quantitative estimate of drug-likeness (QED) is 0.688. The minimum absolute atomic E-state index is 0.258. The van der Waals surface area contributed by atoms with Crippen molar-refractivity contribution in [2.75, 3.05) is 28.6 Å². The molecule has 0 spiro atoms. The number of rotatable bonds is 3. The Morgan fingerprint density at radius 3 is 2.27 bits per heavy atom. The van der Waals surface area contributed by atoms with Crippen molar-refractivity contribution >= 4 is 34.4 Å². The van der Waals surface area contributed by atoms with Crippen molar-refractivity contribution in [3.8, 4) is 0 Å².